The number of likely N-dealkylation sites (tertiary alicyclic amines) is 1. The Balaban J connectivity index is 1.70. The molecule has 136 valence electrons. The third-order valence-electron chi connectivity index (χ3n) is 4.38. The molecule has 1 atom stereocenters. The van der Waals surface area contributed by atoms with Crippen molar-refractivity contribution < 1.29 is 9.59 Å². The van der Waals surface area contributed by atoms with Crippen molar-refractivity contribution in [3.63, 3.8) is 0 Å². The molecule has 1 aromatic heterocycles. The first-order valence-electron chi connectivity index (χ1n) is 8.47. The summed E-state index contributed by atoms with van der Waals surface area (Å²) in [5.74, 6) is -0.0444. The molecule has 3 rings (SSSR count). The molecule has 2 amide bonds. The van der Waals surface area contributed by atoms with Gasteiger partial charge in [-0.15, -0.1) is 11.3 Å². The summed E-state index contributed by atoms with van der Waals surface area (Å²) < 4.78 is 0.937. The number of hydrogen-bond donors (Lipinski definition) is 2. The van der Waals surface area contributed by atoms with Gasteiger partial charge in [-0.3, -0.25) is 9.59 Å². The molecule has 1 saturated heterocycles. The number of nitrogens with zero attached hydrogens (tertiary/aromatic N) is 1. The zero-order chi connectivity index (χ0) is 18.5. The molecule has 2 heterocycles. The van der Waals surface area contributed by atoms with E-state index in [4.69, 9.17) is 5.41 Å². The van der Waals surface area contributed by atoms with Crippen molar-refractivity contribution >= 4 is 44.8 Å². The largest absolute Gasteiger partial charge is 0.353 e. The first kappa shape index (κ1) is 18.8. The molecule has 0 saturated carbocycles. The van der Waals surface area contributed by atoms with Crippen LogP contribution in [0.15, 0.2) is 46.3 Å². The number of nitrogens with one attached hydrogen (secondary N) is 2. The minimum atomic E-state index is -0.446. The van der Waals surface area contributed by atoms with Gasteiger partial charge in [0, 0.05) is 28.9 Å². The average molecular weight is 434 g/mol. The summed E-state index contributed by atoms with van der Waals surface area (Å²) in [6.45, 7) is 0.883. The number of carbonyl (C=O) groups excluding carboxylic acids is 2. The van der Waals surface area contributed by atoms with E-state index in [1.54, 1.807) is 16.2 Å². The molecular formula is C19H20BrN3O2S. The Morgan fingerprint density at radius 3 is 2.69 bits per heavy atom. The van der Waals surface area contributed by atoms with Crippen LogP contribution in [0, 0.1) is 5.41 Å². The van der Waals surface area contributed by atoms with E-state index >= 15 is 0 Å². The summed E-state index contributed by atoms with van der Waals surface area (Å²) in [6, 6.07) is 10.9. The van der Waals surface area contributed by atoms with E-state index in [-0.39, 0.29) is 18.4 Å². The smallest absolute Gasteiger partial charge is 0.225 e. The van der Waals surface area contributed by atoms with E-state index in [1.165, 1.54) is 0 Å². The van der Waals surface area contributed by atoms with E-state index in [0.717, 1.165) is 21.3 Å². The molecule has 1 unspecified atom stereocenters. The Kier molecular flexibility index (Phi) is 6.21. The average Bonchev–Trinajstić information content (AvgIpc) is 3.28. The van der Waals surface area contributed by atoms with Crippen molar-refractivity contribution in [3.05, 3.63) is 56.7 Å². The van der Waals surface area contributed by atoms with Crippen LogP contribution in [0.2, 0.25) is 0 Å². The fourth-order valence-corrected chi connectivity index (χ4v) is 4.00. The van der Waals surface area contributed by atoms with Gasteiger partial charge in [-0.1, -0.05) is 34.1 Å². The van der Waals surface area contributed by atoms with Crippen LogP contribution in [0.5, 0.6) is 0 Å². The second-order valence-electron chi connectivity index (χ2n) is 6.19. The molecule has 5 nitrogen and oxygen atoms in total. The number of rotatable bonds is 7. The lowest BCUT2D eigenvalue weighted by Crippen LogP contribution is -2.49. The number of amides is 2. The predicted octanol–water partition coefficient (Wildman–Crippen LogP) is 3.23. The molecule has 1 aromatic carbocycles. The van der Waals surface area contributed by atoms with Crippen LogP contribution in [-0.4, -0.2) is 41.6 Å². The number of benzene rings is 1. The second kappa shape index (κ2) is 8.60. The van der Waals surface area contributed by atoms with Gasteiger partial charge in [-0.25, -0.2) is 0 Å². The van der Waals surface area contributed by atoms with Crippen LogP contribution in [0.3, 0.4) is 0 Å². The number of halogens is 1. The summed E-state index contributed by atoms with van der Waals surface area (Å²) in [5, 5.41) is 13.4. The number of carbonyl (C=O) groups is 2. The molecule has 1 aliphatic rings. The number of thiophene rings is 1. The maximum absolute atomic E-state index is 12.2. The SMILES string of the molecule is N=C(c1ccc(Br)cc1)C(CNC(=O)Cc1cccs1)N1CCCC1=O. The van der Waals surface area contributed by atoms with Crippen molar-refractivity contribution in [2.45, 2.75) is 25.3 Å². The van der Waals surface area contributed by atoms with Crippen LogP contribution in [-0.2, 0) is 16.0 Å². The van der Waals surface area contributed by atoms with E-state index in [1.807, 2.05) is 41.8 Å². The van der Waals surface area contributed by atoms with Gasteiger partial charge in [0.25, 0.3) is 0 Å². The first-order valence-corrected chi connectivity index (χ1v) is 10.1. The highest BCUT2D eigenvalue weighted by molar-refractivity contribution is 9.10. The van der Waals surface area contributed by atoms with Crippen LogP contribution in [0.4, 0.5) is 0 Å². The zero-order valence-electron chi connectivity index (χ0n) is 14.2. The van der Waals surface area contributed by atoms with Gasteiger partial charge in [0.15, 0.2) is 0 Å². The van der Waals surface area contributed by atoms with Gasteiger partial charge in [0.2, 0.25) is 11.8 Å². The molecule has 0 aliphatic carbocycles. The topological polar surface area (TPSA) is 73.3 Å². The molecule has 26 heavy (non-hydrogen) atoms. The van der Waals surface area contributed by atoms with Crippen molar-refractivity contribution in [2.24, 2.45) is 0 Å². The second-order valence-corrected chi connectivity index (χ2v) is 8.14. The molecule has 0 spiro atoms. The van der Waals surface area contributed by atoms with Crippen molar-refractivity contribution in [1.82, 2.24) is 10.2 Å². The molecule has 0 radical (unpaired) electrons. The van der Waals surface area contributed by atoms with Crippen molar-refractivity contribution in [3.8, 4) is 0 Å². The summed E-state index contributed by atoms with van der Waals surface area (Å²) in [5.41, 5.74) is 1.11. The van der Waals surface area contributed by atoms with Crippen LogP contribution in [0.1, 0.15) is 23.3 Å². The van der Waals surface area contributed by atoms with Gasteiger partial charge in [0.05, 0.1) is 18.2 Å². The molecule has 1 fully saturated rings. The van der Waals surface area contributed by atoms with Gasteiger partial charge < -0.3 is 15.6 Å². The fourth-order valence-electron chi connectivity index (χ4n) is 3.03. The first-order chi connectivity index (χ1) is 12.5. The van der Waals surface area contributed by atoms with E-state index in [0.29, 0.717) is 25.1 Å². The summed E-state index contributed by atoms with van der Waals surface area (Å²) in [6.07, 6.45) is 1.63. The van der Waals surface area contributed by atoms with Gasteiger partial charge in [0.1, 0.15) is 0 Å². The molecule has 7 heteroatoms. The molecule has 1 aliphatic heterocycles. The minimum Gasteiger partial charge on any atom is -0.353 e. The van der Waals surface area contributed by atoms with E-state index < -0.39 is 6.04 Å². The van der Waals surface area contributed by atoms with Gasteiger partial charge in [-0.05, 0) is 35.6 Å². The highest BCUT2D eigenvalue weighted by atomic mass is 79.9. The minimum absolute atomic E-state index is 0.0457. The Morgan fingerprint density at radius 2 is 2.08 bits per heavy atom. The highest BCUT2D eigenvalue weighted by Crippen LogP contribution is 2.19. The lowest BCUT2D eigenvalue weighted by Gasteiger charge is -2.29. The quantitative estimate of drug-likeness (QED) is 0.657. The fraction of sp³-hybridized carbons (Fsp3) is 0.316. The molecule has 2 aromatic rings. The molecular weight excluding hydrogens is 414 g/mol. The van der Waals surface area contributed by atoms with E-state index in [9.17, 15) is 9.59 Å². The maximum atomic E-state index is 12.2. The Bertz CT molecular complexity index is 790. The highest BCUT2D eigenvalue weighted by Gasteiger charge is 2.31. The standard InChI is InChI=1S/C19H20BrN3O2S/c20-14-7-5-13(6-8-14)19(21)16(23-9-1-4-18(23)25)12-22-17(24)11-15-3-2-10-26-15/h2-3,5-8,10,16,21H,1,4,9,11-12H2,(H,22,24). The Labute approximate surface area is 165 Å². The zero-order valence-corrected chi connectivity index (χ0v) is 16.6. The van der Waals surface area contributed by atoms with E-state index in [2.05, 4.69) is 21.2 Å². The number of hydrogen-bond acceptors (Lipinski definition) is 4. The summed E-state index contributed by atoms with van der Waals surface area (Å²) in [7, 11) is 0. The van der Waals surface area contributed by atoms with Crippen molar-refractivity contribution in [1.29, 1.82) is 5.41 Å². The molecule has 2 N–H and O–H groups in total. The third kappa shape index (κ3) is 4.59. The molecule has 0 bridgehead atoms. The summed E-state index contributed by atoms with van der Waals surface area (Å²) in [4.78, 5) is 27.2. The lowest BCUT2D eigenvalue weighted by atomic mass is 10.0. The van der Waals surface area contributed by atoms with Crippen LogP contribution < -0.4 is 5.32 Å². The maximum Gasteiger partial charge on any atom is 0.225 e. The van der Waals surface area contributed by atoms with Crippen LogP contribution in [0.25, 0.3) is 0 Å². The monoisotopic (exact) mass is 433 g/mol. The van der Waals surface area contributed by atoms with Gasteiger partial charge >= 0.3 is 0 Å². The van der Waals surface area contributed by atoms with Crippen LogP contribution >= 0.6 is 27.3 Å². The third-order valence-corrected chi connectivity index (χ3v) is 5.79. The van der Waals surface area contributed by atoms with Gasteiger partial charge in [-0.2, -0.15) is 0 Å². The summed E-state index contributed by atoms with van der Waals surface area (Å²) >= 11 is 4.94. The normalized spacial score (nSPS) is 15.1. The predicted molar refractivity (Wildman–Crippen MR) is 107 cm³/mol. The lowest BCUT2D eigenvalue weighted by molar-refractivity contribution is -0.129. The Morgan fingerprint density at radius 1 is 1.31 bits per heavy atom. The van der Waals surface area contributed by atoms with Crippen molar-refractivity contribution in [2.75, 3.05) is 13.1 Å². The Hall–Kier alpha value is -1.99.